The highest BCUT2D eigenvalue weighted by atomic mass is 35.5. The minimum Gasteiger partial charge on any atom is -0.507 e. The largest absolute Gasteiger partial charge is 0.507 e. The van der Waals surface area contributed by atoms with Crippen molar-refractivity contribution in [2.45, 2.75) is 19.4 Å². The molecule has 0 aliphatic carbocycles. The fraction of sp³-hybridized carbons (Fsp3) is 0.273. The van der Waals surface area contributed by atoms with E-state index in [-0.39, 0.29) is 39.2 Å². The Morgan fingerprint density at radius 2 is 1.74 bits per heavy atom. The van der Waals surface area contributed by atoms with Crippen LogP contribution in [0.2, 0.25) is 10.0 Å². The second-order valence-electron chi connectivity index (χ2n) is 6.89. The molecule has 1 unspecified atom stereocenters. The number of ketones is 1. The zero-order valence-corrected chi connectivity index (χ0v) is 18.6. The van der Waals surface area contributed by atoms with Gasteiger partial charge in [-0.05, 0) is 30.2 Å². The first-order valence-corrected chi connectivity index (χ1v) is 10.2. The molecule has 1 aliphatic rings. The van der Waals surface area contributed by atoms with E-state index in [4.69, 9.17) is 32.7 Å². The van der Waals surface area contributed by atoms with Gasteiger partial charge >= 0.3 is 0 Å². The number of rotatable bonds is 6. The number of hydrogen-bond donors (Lipinski definition) is 2. The average Bonchev–Trinajstić information content (AvgIpc) is 3.00. The Morgan fingerprint density at radius 1 is 1.06 bits per heavy atom. The molecule has 0 spiro atoms. The summed E-state index contributed by atoms with van der Waals surface area (Å²) in [5.74, 6) is -1.62. The Hall–Kier alpha value is -2.90. The third kappa shape index (κ3) is 4.03. The smallest absolute Gasteiger partial charge is 0.295 e. The number of methoxy groups -OCH3 is 2. The molecule has 0 saturated carbocycles. The molecule has 31 heavy (non-hydrogen) atoms. The molecule has 0 bridgehead atoms. The Morgan fingerprint density at radius 3 is 2.32 bits per heavy atom. The minimum atomic E-state index is -0.899. The molecule has 1 amide bonds. The number of aliphatic hydroxyl groups is 1. The van der Waals surface area contributed by atoms with Gasteiger partial charge in [0.15, 0.2) is 0 Å². The van der Waals surface area contributed by atoms with Crippen LogP contribution in [0.15, 0.2) is 35.9 Å². The van der Waals surface area contributed by atoms with Crippen LogP contribution in [0, 0.1) is 0 Å². The van der Waals surface area contributed by atoms with Crippen molar-refractivity contribution in [3.63, 3.8) is 0 Å². The van der Waals surface area contributed by atoms with E-state index in [2.05, 4.69) is 0 Å². The number of aliphatic hydroxyl groups excluding tert-OH is 1. The number of carbonyl (C=O) groups is 2. The Balaban J connectivity index is 2.28. The fourth-order valence-electron chi connectivity index (χ4n) is 3.58. The molecule has 9 heteroatoms. The van der Waals surface area contributed by atoms with E-state index in [0.29, 0.717) is 17.7 Å². The molecule has 1 saturated heterocycles. The van der Waals surface area contributed by atoms with Crippen molar-refractivity contribution in [2.75, 3.05) is 20.8 Å². The van der Waals surface area contributed by atoms with Gasteiger partial charge in [0.2, 0.25) is 0 Å². The van der Waals surface area contributed by atoms with Crippen molar-refractivity contribution < 1.29 is 29.3 Å². The number of Topliss-reactive ketones (excluding diaryl/α,β-unsaturated/α-hetero) is 1. The summed E-state index contributed by atoms with van der Waals surface area (Å²) in [5.41, 5.74) is 0.480. The maximum absolute atomic E-state index is 13.0. The maximum atomic E-state index is 13.0. The Kier molecular flexibility index (Phi) is 6.67. The summed E-state index contributed by atoms with van der Waals surface area (Å²) in [7, 11) is 2.83. The number of ether oxygens (including phenoxy) is 2. The van der Waals surface area contributed by atoms with Crippen LogP contribution in [0.3, 0.4) is 0 Å². The minimum absolute atomic E-state index is 0.0599. The van der Waals surface area contributed by atoms with E-state index in [1.54, 1.807) is 6.07 Å². The zero-order valence-electron chi connectivity index (χ0n) is 17.1. The first-order chi connectivity index (χ1) is 14.7. The van der Waals surface area contributed by atoms with Gasteiger partial charge in [0.05, 0.1) is 41.4 Å². The number of halogens is 2. The number of carbonyl (C=O) groups excluding carboxylic acids is 2. The van der Waals surface area contributed by atoms with E-state index in [9.17, 15) is 19.8 Å². The van der Waals surface area contributed by atoms with E-state index in [1.165, 1.54) is 43.4 Å². The number of amides is 1. The number of hydrogen-bond acceptors (Lipinski definition) is 6. The lowest BCUT2D eigenvalue weighted by Gasteiger charge is -2.25. The maximum Gasteiger partial charge on any atom is 0.295 e. The number of benzene rings is 2. The van der Waals surface area contributed by atoms with Gasteiger partial charge < -0.3 is 24.6 Å². The Bertz CT molecular complexity index is 1080. The van der Waals surface area contributed by atoms with Crippen molar-refractivity contribution in [1.82, 2.24) is 4.90 Å². The van der Waals surface area contributed by atoms with Gasteiger partial charge in [-0.3, -0.25) is 9.59 Å². The molecule has 1 heterocycles. The Labute approximate surface area is 189 Å². The topological polar surface area (TPSA) is 96.3 Å². The summed E-state index contributed by atoms with van der Waals surface area (Å²) in [6.07, 6.45) is 0.590. The van der Waals surface area contributed by atoms with Crippen LogP contribution >= 0.6 is 23.2 Å². The van der Waals surface area contributed by atoms with Crippen molar-refractivity contribution in [3.8, 4) is 17.2 Å². The molecule has 2 aromatic rings. The van der Waals surface area contributed by atoms with Crippen molar-refractivity contribution in [2.24, 2.45) is 0 Å². The van der Waals surface area contributed by atoms with Gasteiger partial charge in [0, 0.05) is 12.6 Å². The molecule has 3 rings (SSSR count). The summed E-state index contributed by atoms with van der Waals surface area (Å²) in [4.78, 5) is 27.1. The zero-order chi connectivity index (χ0) is 22.9. The lowest BCUT2D eigenvalue weighted by Crippen LogP contribution is -2.30. The van der Waals surface area contributed by atoms with Gasteiger partial charge in [-0.15, -0.1) is 0 Å². The van der Waals surface area contributed by atoms with Gasteiger partial charge in [-0.2, -0.15) is 0 Å². The first kappa shape index (κ1) is 22.8. The van der Waals surface area contributed by atoms with Crippen molar-refractivity contribution >= 4 is 40.7 Å². The van der Waals surface area contributed by atoms with Crippen LogP contribution < -0.4 is 9.47 Å². The molecule has 1 fully saturated rings. The van der Waals surface area contributed by atoms with E-state index in [1.807, 2.05) is 6.92 Å². The van der Waals surface area contributed by atoms with Crippen LogP contribution in [0.1, 0.15) is 30.5 Å². The molecule has 1 atom stereocenters. The number of nitrogens with zero attached hydrogens (tertiary/aromatic N) is 1. The lowest BCUT2D eigenvalue weighted by molar-refractivity contribution is -0.139. The number of aromatic hydroxyl groups is 1. The van der Waals surface area contributed by atoms with Crippen LogP contribution in [0.5, 0.6) is 17.2 Å². The SMILES string of the molecule is CCCN1C(=O)C(=O)/C(=C(/O)c2cc(Cl)c(OC)cc2OC)C1c1ccc(O)c(Cl)c1. The number of phenolic OH excluding ortho intramolecular Hbond substituents is 1. The summed E-state index contributed by atoms with van der Waals surface area (Å²) < 4.78 is 10.5. The van der Waals surface area contributed by atoms with E-state index < -0.39 is 23.5 Å². The van der Waals surface area contributed by atoms with Gasteiger partial charge in [-0.1, -0.05) is 36.2 Å². The summed E-state index contributed by atoms with van der Waals surface area (Å²) in [6.45, 7) is 2.15. The summed E-state index contributed by atoms with van der Waals surface area (Å²) >= 11 is 12.3. The molecule has 0 radical (unpaired) electrons. The van der Waals surface area contributed by atoms with Crippen LogP contribution in [0.4, 0.5) is 0 Å². The number of phenols is 1. The normalized spacial score (nSPS) is 17.8. The highest BCUT2D eigenvalue weighted by Gasteiger charge is 2.46. The molecular weight excluding hydrogens is 445 g/mol. The average molecular weight is 466 g/mol. The molecule has 7 nitrogen and oxygen atoms in total. The highest BCUT2D eigenvalue weighted by molar-refractivity contribution is 6.46. The van der Waals surface area contributed by atoms with Crippen LogP contribution in [-0.4, -0.2) is 47.6 Å². The quantitative estimate of drug-likeness (QED) is 0.369. The second kappa shape index (κ2) is 9.08. The van der Waals surface area contributed by atoms with Gasteiger partial charge in [0.1, 0.15) is 23.0 Å². The van der Waals surface area contributed by atoms with Gasteiger partial charge in [0.25, 0.3) is 11.7 Å². The monoisotopic (exact) mass is 465 g/mol. The van der Waals surface area contributed by atoms with E-state index >= 15 is 0 Å². The fourth-order valence-corrected chi connectivity index (χ4v) is 4.01. The molecule has 1 aliphatic heterocycles. The van der Waals surface area contributed by atoms with Crippen molar-refractivity contribution in [3.05, 3.63) is 57.1 Å². The van der Waals surface area contributed by atoms with Crippen LogP contribution in [0.25, 0.3) is 5.76 Å². The van der Waals surface area contributed by atoms with Crippen LogP contribution in [-0.2, 0) is 9.59 Å². The highest BCUT2D eigenvalue weighted by Crippen LogP contribution is 2.44. The third-order valence-corrected chi connectivity index (χ3v) is 5.62. The third-order valence-electron chi connectivity index (χ3n) is 5.02. The molecule has 164 valence electrons. The first-order valence-electron chi connectivity index (χ1n) is 9.43. The van der Waals surface area contributed by atoms with E-state index in [0.717, 1.165) is 0 Å². The summed E-state index contributed by atoms with van der Waals surface area (Å²) in [6, 6.07) is 6.36. The molecular formula is C22H21Cl2NO6. The summed E-state index contributed by atoms with van der Waals surface area (Å²) in [5, 5.41) is 21.2. The molecule has 2 N–H and O–H groups in total. The second-order valence-corrected chi connectivity index (χ2v) is 7.70. The predicted octanol–water partition coefficient (Wildman–Crippen LogP) is 4.55. The standard InChI is InChI=1S/C22H21Cl2NO6/c1-4-7-25-19(11-5-6-15(26)13(23)8-11)18(21(28)22(25)29)20(27)12-9-14(24)17(31-3)10-16(12)30-2/h5-6,8-10,19,26-27H,4,7H2,1-3H3/b20-18+. The predicted molar refractivity (Wildman–Crippen MR) is 117 cm³/mol. The molecule has 2 aromatic carbocycles. The lowest BCUT2D eigenvalue weighted by atomic mass is 9.94. The number of likely N-dealkylation sites (tertiary alicyclic amines) is 1. The molecule has 0 aromatic heterocycles. The van der Waals surface area contributed by atoms with Crippen molar-refractivity contribution in [1.29, 1.82) is 0 Å². The van der Waals surface area contributed by atoms with Gasteiger partial charge in [-0.25, -0.2) is 0 Å².